The lowest BCUT2D eigenvalue weighted by Crippen LogP contribution is -2.00. The van der Waals surface area contributed by atoms with Crippen molar-refractivity contribution in [3.05, 3.63) is 59.5 Å². The van der Waals surface area contributed by atoms with Crippen LogP contribution in [0.1, 0.15) is 29.7 Å². The molecular weight excluding hydrogens is 200 g/mol. The van der Waals surface area contributed by atoms with Crippen molar-refractivity contribution in [3.63, 3.8) is 0 Å². The molecule has 0 aliphatic heterocycles. The van der Waals surface area contributed by atoms with E-state index in [9.17, 15) is 5.11 Å². The van der Waals surface area contributed by atoms with Gasteiger partial charge in [0, 0.05) is 12.0 Å². The second-order valence-electron chi connectivity index (χ2n) is 3.95. The minimum Gasteiger partial charge on any atom is -0.472 e. The highest BCUT2D eigenvalue weighted by atomic mass is 16.3. The first-order valence-corrected chi connectivity index (χ1v) is 5.57. The van der Waals surface area contributed by atoms with Crippen molar-refractivity contribution in [1.29, 1.82) is 0 Å². The van der Waals surface area contributed by atoms with Crippen LogP contribution < -0.4 is 0 Å². The van der Waals surface area contributed by atoms with Gasteiger partial charge in [-0.2, -0.15) is 0 Å². The van der Waals surface area contributed by atoms with Crippen molar-refractivity contribution < 1.29 is 9.52 Å². The number of hydrogen-bond acceptors (Lipinski definition) is 2. The van der Waals surface area contributed by atoms with Crippen molar-refractivity contribution in [1.82, 2.24) is 0 Å². The molecule has 0 aliphatic carbocycles. The van der Waals surface area contributed by atoms with Crippen LogP contribution in [0, 0.1) is 0 Å². The first-order valence-electron chi connectivity index (χ1n) is 5.57. The molecule has 0 aliphatic rings. The van der Waals surface area contributed by atoms with Crippen LogP contribution in [-0.4, -0.2) is 5.11 Å². The maximum Gasteiger partial charge on any atom is 0.0960 e. The van der Waals surface area contributed by atoms with Gasteiger partial charge in [0.15, 0.2) is 0 Å². The molecule has 84 valence electrons. The lowest BCUT2D eigenvalue weighted by molar-refractivity contribution is 0.177. The zero-order valence-corrected chi connectivity index (χ0v) is 9.39. The summed E-state index contributed by atoms with van der Waals surface area (Å²) in [6.45, 7) is 2.13. The molecule has 0 spiro atoms. The van der Waals surface area contributed by atoms with E-state index in [1.54, 1.807) is 18.6 Å². The largest absolute Gasteiger partial charge is 0.472 e. The van der Waals surface area contributed by atoms with Crippen molar-refractivity contribution in [2.24, 2.45) is 0 Å². The Morgan fingerprint density at radius 2 is 1.81 bits per heavy atom. The van der Waals surface area contributed by atoms with Crippen LogP contribution in [0.3, 0.4) is 0 Å². The van der Waals surface area contributed by atoms with Crippen molar-refractivity contribution in [3.8, 4) is 0 Å². The molecule has 1 heterocycles. The lowest BCUT2D eigenvalue weighted by Gasteiger charge is -2.08. The Hall–Kier alpha value is -1.54. The van der Waals surface area contributed by atoms with E-state index in [0.29, 0.717) is 6.42 Å². The summed E-state index contributed by atoms with van der Waals surface area (Å²) in [6.07, 6.45) is 4.36. The van der Waals surface area contributed by atoms with E-state index < -0.39 is 6.10 Å². The predicted octanol–water partition coefficient (Wildman–Crippen LogP) is 3.12. The molecule has 0 amide bonds. The van der Waals surface area contributed by atoms with Crippen molar-refractivity contribution in [2.45, 2.75) is 25.9 Å². The van der Waals surface area contributed by atoms with Gasteiger partial charge in [-0.05, 0) is 23.6 Å². The maximum atomic E-state index is 9.93. The molecule has 0 saturated heterocycles. The van der Waals surface area contributed by atoms with Gasteiger partial charge >= 0.3 is 0 Å². The van der Waals surface area contributed by atoms with Crippen LogP contribution in [0.25, 0.3) is 0 Å². The average Bonchev–Trinajstić information content (AvgIpc) is 2.83. The number of aliphatic hydroxyl groups excluding tert-OH is 1. The van der Waals surface area contributed by atoms with Crippen molar-refractivity contribution >= 4 is 0 Å². The zero-order chi connectivity index (χ0) is 11.4. The highest BCUT2D eigenvalue weighted by Gasteiger charge is 2.09. The molecular formula is C14H16O2. The third-order valence-corrected chi connectivity index (χ3v) is 2.79. The maximum absolute atomic E-state index is 9.93. The Morgan fingerprint density at radius 1 is 1.12 bits per heavy atom. The standard InChI is InChI=1S/C14H16O2/c1-2-11-3-5-12(6-4-11)9-14(15)13-7-8-16-10-13/h3-8,10,14-15H,2,9H2,1H3. The summed E-state index contributed by atoms with van der Waals surface area (Å²) in [4.78, 5) is 0. The predicted molar refractivity (Wildman–Crippen MR) is 63.2 cm³/mol. The molecule has 2 heteroatoms. The van der Waals surface area contributed by atoms with Gasteiger partial charge in [0.25, 0.3) is 0 Å². The molecule has 2 aromatic rings. The zero-order valence-electron chi connectivity index (χ0n) is 9.39. The molecule has 16 heavy (non-hydrogen) atoms. The second-order valence-corrected chi connectivity index (χ2v) is 3.95. The highest BCUT2D eigenvalue weighted by Crippen LogP contribution is 2.18. The Morgan fingerprint density at radius 3 is 2.38 bits per heavy atom. The second kappa shape index (κ2) is 4.99. The normalized spacial score (nSPS) is 12.6. The van der Waals surface area contributed by atoms with Gasteiger partial charge in [-0.1, -0.05) is 31.2 Å². The van der Waals surface area contributed by atoms with Gasteiger partial charge in [0.2, 0.25) is 0 Å². The molecule has 2 rings (SSSR count). The van der Waals surface area contributed by atoms with Crippen LogP contribution >= 0.6 is 0 Å². The first-order chi connectivity index (χ1) is 7.79. The SMILES string of the molecule is CCc1ccc(CC(O)c2ccoc2)cc1. The summed E-state index contributed by atoms with van der Waals surface area (Å²) < 4.78 is 4.95. The van der Waals surface area contributed by atoms with Crippen LogP contribution in [0.4, 0.5) is 0 Å². The van der Waals surface area contributed by atoms with Gasteiger partial charge in [-0.25, -0.2) is 0 Å². The topological polar surface area (TPSA) is 33.4 Å². The van der Waals surface area contributed by atoms with E-state index >= 15 is 0 Å². The van der Waals surface area contributed by atoms with E-state index in [0.717, 1.165) is 17.5 Å². The smallest absolute Gasteiger partial charge is 0.0960 e. The van der Waals surface area contributed by atoms with Crippen molar-refractivity contribution in [2.75, 3.05) is 0 Å². The number of hydrogen-bond donors (Lipinski definition) is 1. The minimum atomic E-state index is -0.480. The Labute approximate surface area is 95.5 Å². The Kier molecular flexibility index (Phi) is 3.42. The molecule has 1 unspecified atom stereocenters. The van der Waals surface area contributed by atoms with E-state index in [-0.39, 0.29) is 0 Å². The van der Waals surface area contributed by atoms with E-state index in [2.05, 4.69) is 31.2 Å². The molecule has 1 atom stereocenters. The molecule has 1 aromatic heterocycles. The van der Waals surface area contributed by atoms with Crippen LogP contribution in [0.5, 0.6) is 0 Å². The number of benzene rings is 1. The van der Waals surface area contributed by atoms with Crippen LogP contribution in [0.15, 0.2) is 47.3 Å². The molecule has 0 radical (unpaired) electrons. The van der Waals surface area contributed by atoms with Gasteiger partial charge < -0.3 is 9.52 Å². The highest BCUT2D eigenvalue weighted by molar-refractivity contribution is 5.24. The quantitative estimate of drug-likeness (QED) is 0.851. The molecule has 2 nitrogen and oxygen atoms in total. The van der Waals surface area contributed by atoms with Gasteiger partial charge in [-0.15, -0.1) is 0 Å². The summed E-state index contributed by atoms with van der Waals surface area (Å²) in [7, 11) is 0. The molecule has 1 N–H and O–H groups in total. The fourth-order valence-electron chi connectivity index (χ4n) is 1.72. The average molecular weight is 216 g/mol. The lowest BCUT2D eigenvalue weighted by atomic mass is 10.0. The minimum absolute atomic E-state index is 0.480. The third kappa shape index (κ3) is 2.52. The monoisotopic (exact) mass is 216 g/mol. The molecule has 0 saturated carbocycles. The van der Waals surface area contributed by atoms with E-state index in [1.165, 1.54) is 5.56 Å². The van der Waals surface area contributed by atoms with E-state index in [1.807, 2.05) is 0 Å². The first kappa shape index (κ1) is 11.0. The number of aryl methyl sites for hydroxylation is 1. The van der Waals surface area contributed by atoms with Crippen LogP contribution in [0.2, 0.25) is 0 Å². The summed E-state index contributed by atoms with van der Waals surface area (Å²) in [5, 5.41) is 9.93. The molecule has 0 bridgehead atoms. The number of rotatable bonds is 4. The van der Waals surface area contributed by atoms with Gasteiger partial charge in [0.05, 0.1) is 18.6 Å². The van der Waals surface area contributed by atoms with E-state index in [4.69, 9.17) is 4.42 Å². The Bertz CT molecular complexity index is 415. The molecule has 1 aromatic carbocycles. The van der Waals surface area contributed by atoms with Gasteiger partial charge in [-0.3, -0.25) is 0 Å². The summed E-state index contributed by atoms with van der Waals surface area (Å²) in [5.74, 6) is 0. The third-order valence-electron chi connectivity index (χ3n) is 2.79. The Balaban J connectivity index is 2.03. The number of aliphatic hydroxyl groups is 1. The number of furan rings is 1. The van der Waals surface area contributed by atoms with Gasteiger partial charge in [0.1, 0.15) is 0 Å². The fourth-order valence-corrected chi connectivity index (χ4v) is 1.72. The summed E-state index contributed by atoms with van der Waals surface area (Å²) in [6, 6.07) is 10.2. The molecule has 0 fully saturated rings. The summed E-state index contributed by atoms with van der Waals surface area (Å²) in [5.41, 5.74) is 3.30. The summed E-state index contributed by atoms with van der Waals surface area (Å²) >= 11 is 0. The van der Waals surface area contributed by atoms with Crippen LogP contribution in [-0.2, 0) is 12.8 Å². The fraction of sp³-hybridized carbons (Fsp3) is 0.286.